The maximum Gasteiger partial charge on any atom is 0.162 e. The molecule has 0 saturated heterocycles. The minimum absolute atomic E-state index is 0.126. The zero-order valence-corrected chi connectivity index (χ0v) is 14.5. The van der Waals surface area contributed by atoms with Gasteiger partial charge in [-0.25, -0.2) is 4.39 Å². The summed E-state index contributed by atoms with van der Waals surface area (Å²) in [5, 5.41) is 0. The van der Waals surface area contributed by atoms with Gasteiger partial charge in [-0.15, -0.1) is 0 Å². The topological polar surface area (TPSA) is 18.5 Å². The summed E-state index contributed by atoms with van der Waals surface area (Å²) in [5.41, 5.74) is 2.90. The molecular weight excluding hydrogens is 403 g/mol. The fraction of sp³-hybridized carbons (Fsp3) is 0.250. The molecule has 0 bridgehead atoms. The molecule has 3 rings (SSSR count). The van der Waals surface area contributed by atoms with Gasteiger partial charge in [-0.2, -0.15) is 0 Å². The Kier molecular flexibility index (Phi) is 4.22. The molecule has 0 radical (unpaired) electrons. The Morgan fingerprint density at radius 3 is 2.43 bits per heavy atom. The van der Waals surface area contributed by atoms with Crippen molar-refractivity contribution in [1.29, 1.82) is 0 Å². The highest BCUT2D eigenvalue weighted by atomic mass is 79.9. The van der Waals surface area contributed by atoms with Crippen LogP contribution in [0.1, 0.15) is 21.5 Å². The van der Waals surface area contributed by atoms with Crippen molar-refractivity contribution in [2.24, 2.45) is 0 Å². The smallest absolute Gasteiger partial charge is 0.162 e. The van der Waals surface area contributed by atoms with E-state index in [4.69, 9.17) is 9.47 Å². The second-order valence-electron chi connectivity index (χ2n) is 4.88. The maximum atomic E-state index is 13.5. The third-order valence-electron chi connectivity index (χ3n) is 3.45. The average Bonchev–Trinajstić information content (AvgIpc) is 2.48. The summed E-state index contributed by atoms with van der Waals surface area (Å²) >= 11 is 7.22. The third kappa shape index (κ3) is 2.94. The number of ether oxygens (including phenoxy) is 2. The van der Waals surface area contributed by atoms with Crippen molar-refractivity contribution in [3.8, 4) is 11.5 Å². The predicted molar refractivity (Wildman–Crippen MR) is 87.0 cm³/mol. The van der Waals surface area contributed by atoms with Crippen LogP contribution in [0.25, 0.3) is 0 Å². The molecule has 21 heavy (non-hydrogen) atoms. The molecule has 0 amide bonds. The van der Waals surface area contributed by atoms with Gasteiger partial charge in [-0.1, -0.05) is 37.9 Å². The molecule has 2 aromatic carbocycles. The molecule has 2 nitrogen and oxygen atoms in total. The van der Waals surface area contributed by atoms with Crippen LogP contribution >= 0.6 is 31.9 Å². The molecule has 0 aliphatic carbocycles. The molecule has 0 fully saturated rings. The number of hydrogen-bond acceptors (Lipinski definition) is 2. The van der Waals surface area contributed by atoms with Crippen molar-refractivity contribution in [3.05, 3.63) is 57.3 Å². The molecule has 1 aliphatic rings. The quantitative estimate of drug-likeness (QED) is 0.631. The van der Waals surface area contributed by atoms with E-state index in [1.165, 1.54) is 6.07 Å². The fourth-order valence-electron chi connectivity index (χ4n) is 2.33. The summed E-state index contributed by atoms with van der Waals surface area (Å²) in [6.07, 6.45) is 0. The number of fused-ring (bicyclic) bond motifs is 1. The van der Waals surface area contributed by atoms with Gasteiger partial charge in [0, 0.05) is 4.47 Å². The van der Waals surface area contributed by atoms with Gasteiger partial charge < -0.3 is 9.47 Å². The first-order valence-electron chi connectivity index (χ1n) is 6.55. The minimum atomic E-state index is -0.242. The van der Waals surface area contributed by atoms with Crippen molar-refractivity contribution in [2.75, 3.05) is 13.2 Å². The molecule has 0 N–H and O–H groups in total. The number of halogens is 3. The lowest BCUT2D eigenvalue weighted by molar-refractivity contribution is 0.171. The van der Waals surface area contributed by atoms with E-state index >= 15 is 0 Å². The highest BCUT2D eigenvalue weighted by Gasteiger charge is 2.21. The highest BCUT2D eigenvalue weighted by molar-refractivity contribution is 9.11. The predicted octanol–water partition coefficient (Wildman–Crippen LogP) is 5.15. The van der Waals surface area contributed by atoms with E-state index in [9.17, 15) is 4.39 Å². The number of rotatable bonds is 2. The molecule has 1 aliphatic heterocycles. The van der Waals surface area contributed by atoms with Gasteiger partial charge in [-0.3, -0.25) is 0 Å². The largest absolute Gasteiger partial charge is 0.486 e. The zero-order valence-electron chi connectivity index (χ0n) is 11.3. The van der Waals surface area contributed by atoms with Crippen LogP contribution in [0.4, 0.5) is 4.39 Å². The second kappa shape index (κ2) is 5.97. The summed E-state index contributed by atoms with van der Waals surface area (Å²) in [7, 11) is 0. The Hall–Kier alpha value is -1.07. The Bertz CT molecular complexity index is 688. The molecule has 5 heteroatoms. The van der Waals surface area contributed by atoms with E-state index < -0.39 is 0 Å². The Morgan fingerprint density at radius 1 is 1.05 bits per heavy atom. The van der Waals surface area contributed by atoms with Gasteiger partial charge in [0.05, 0.1) is 4.83 Å². The Labute approximate surface area is 139 Å². The van der Waals surface area contributed by atoms with E-state index in [-0.39, 0.29) is 10.6 Å². The first-order valence-corrected chi connectivity index (χ1v) is 8.26. The molecule has 0 saturated carbocycles. The maximum absolute atomic E-state index is 13.5. The normalized spacial score (nSPS) is 14.9. The third-order valence-corrected chi connectivity index (χ3v) is 5.12. The van der Waals surface area contributed by atoms with Gasteiger partial charge in [-0.05, 0) is 47.9 Å². The van der Waals surface area contributed by atoms with Crippen LogP contribution in [-0.2, 0) is 0 Å². The SMILES string of the molecule is Cc1ccc(F)cc1C(Br)c1cc2c(cc1Br)OCCO2. The van der Waals surface area contributed by atoms with E-state index in [0.29, 0.717) is 13.2 Å². The molecule has 1 heterocycles. The minimum Gasteiger partial charge on any atom is -0.486 e. The van der Waals surface area contributed by atoms with Crippen LogP contribution < -0.4 is 9.47 Å². The van der Waals surface area contributed by atoms with Crippen molar-refractivity contribution in [3.63, 3.8) is 0 Å². The highest BCUT2D eigenvalue weighted by Crippen LogP contribution is 2.43. The Balaban J connectivity index is 2.05. The average molecular weight is 416 g/mol. The molecule has 1 unspecified atom stereocenters. The van der Waals surface area contributed by atoms with E-state index in [1.54, 1.807) is 12.1 Å². The van der Waals surface area contributed by atoms with E-state index in [2.05, 4.69) is 31.9 Å². The molecule has 110 valence electrons. The van der Waals surface area contributed by atoms with E-state index in [0.717, 1.165) is 32.7 Å². The number of hydrogen-bond donors (Lipinski definition) is 0. The van der Waals surface area contributed by atoms with Gasteiger partial charge in [0.2, 0.25) is 0 Å². The summed E-state index contributed by atoms with van der Waals surface area (Å²) in [5.74, 6) is 1.21. The second-order valence-corrected chi connectivity index (χ2v) is 6.65. The lowest BCUT2D eigenvalue weighted by Gasteiger charge is -2.22. The standard InChI is InChI=1S/C16H13Br2FO2/c1-9-2-3-10(19)6-11(9)16(18)12-7-14-15(8-13(12)17)21-5-4-20-14/h2-3,6-8,16H,4-5H2,1H3. The summed E-state index contributed by atoms with van der Waals surface area (Å²) < 4.78 is 25.6. The van der Waals surface area contributed by atoms with Gasteiger partial charge in [0.15, 0.2) is 11.5 Å². The van der Waals surface area contributed by atoms with Crippen molar-refractivity contribution < 1.29 is 13.9 Å². The van der Waals surface area contributed by atoms with Crippen molar-refractivity contribution in [2.45, 2.75) is 11.8 Å². The lowest BCUT2D eigenvalue weighted by Crippen LogP contribution is -2.15. The van der Waals surface area contributed by atoms with E-state index in [1.807, 2.05) is 19.1 Å². The van der Waals surface area contributed by atoms with Crippen LogP contribution in [-0.4, -0.2) is 13.2 Å². The van der Waals surface area contributed by atoms with Crippen LogP contribution in [0.2, 0.25) is 0 Å². The fourth-order valence-corrected chi connectivity index (χ4v) is 4.06. The first kappa shape index (κ1) is 14.9. The van der Waals surface area contributed by atoms with Gasteiger partial charge in [0.25, 0.3) is 0 Å². The van der Waals surface area contributed by atoms with Crippen LogP contribution in [0.15, 0.2) is 34.8 Å². The number of alkyl halides is 1. The molecule has 2 aromatic rings. The molecule has 0 aromatic heterocycles. The number of aryl methyl sites for hydroxylation is 1. The molecular formula is C16H13Br2FO2. The summed E-state index contributed by atoms with van der Waals surface area (Å²) in [6.45, 7) is 3.06. The zero-order chi connectivity index (χ0) is 15.0. The van der Waals surface area contributed by atoms with Gasteiger partial charge in [0.1, 0.15) is 19.0 Å². The number of benzene rings is 2. The van der Waals surface area contributed by atoms with Gasteiger partial charge >= 0.3 is 0 Å². The van der Waals surface area contributed by atoms with Crippen LogP contribution in [0.5, 0.6) is 11.5 Å². The first-order chi connectivity index (χ1) is 10.1. The van der Waals surface area contributed by atoms with Crippen molar-refractivity contribution >= 4 is 31.9 Å². The Morgan fingerprint density at radius 2 is 1.71 bits per heavy atom. The summed E-state index contributed by atoms with van der Waals surface area (Å²) in [6, 6.07) is 8.63. The molecule has 1 atom stereocenters. The lowest BCUT2D eigenvalue weighted by atomic mass is 10.00. The van der Waals surface area contributed by atoms with Crippen LogP contribution in [0.3, 0.4) is 0 Å². The molecule has 0 spiro atoms. The summed E-state index contributed by atoms with van der Waals surface area (Å²) in [4.78, 5) is -0.126. The van der Waals surface area contributed by atoms with Crippen LogP contribution in [0, 0.1) is 12.7 Å². The monoisotopic (exact) mass is 414 g/mol. The van der Waals surface area contributed by atoms with Crippen molar-refractivity contribution in [1.82, 2.24) is 0 Å².